The Kier molecular flexibility index (Phi) is 6.86. The number of piperazine rings is 1. The first kappa shape index (κ1) is 20.6. The van der Waals surface area contributed by atoms with Gasteiger partial charge in [-0.05, 0) is 37.1 Å². The number of amides is 1. The van der Waals surface area contributed by atoms with Gasteiger partial charge < -0.3 is 10.0 Å². The summed E-state index contributed by atoms with van der Waals surface area (Å²) in [5.74, 6) is -0.737. The van der Waals surface area contributed by atoms with Gasteiger partial charge in [0.05, 0.1) is 0 Å². The monoisotopic (exact) mass is 444 g/mol. The van der Waals surface area contributed by atoms with Crippen molar-refractivity contribution in [2.75, 3.05) is 26.2 Å². The van der Waals surface area contributed by atoms with Gasteiger partial charge in [-0.3, -0.25) is 14.5 Å². The molecule has 1 fully saturated rings. The third kappa shape index (κ3) is 5.20. The number of halogens is 1. The predicted molar refractivity (Wildman–Crippen MR) is 112 cm³/mol. The van der Waals surface area contributed by atoms with Gasteiger partial charge in [-0.1, -0.05) is 51.8 Å². The predicted octanol–water partition coefficient (Wildman–Crippen LogP) is 4.12. The Morgan fingerprint density at radius 2 is 1.75 bits per heavy atom. The van der Waals surface area contributed by atoms with Crippen LogP contribution in [-0.2, 0) is 4.79 Å². The summed E-state index contributed by atoms with van der Waals surface area (Å²) in [6.07, 6.45) is 0.702. The maximum absolute atomic E-state index is 12.8. The van der Waals surface area contributed by atoms with Crippen LogP contribution in [0.15, 0.2) is 53.0 Å². The lowest BCUT2D eigenvalue weighted by atomic mass is 9.98. The maximum atomic E-state index is 12.8. The highest BCUT2D eigenvalue weighted by Crippen LogP contribution is 2.27. The molecular formula is C22H25BrN2O3. The molecule has 6 heteroatoms. The van der Waals surface area contributed by atoms with E-state index in [0.29, 0.717) is 25.1 Å². The highest BCUT2D eigenvalue weighted by atomic mass is 79.9. The normalized spacial score (nSPS) is 16.0. The molecule has 0 spiro atoms. The summed E-state index contributed by atoms with van der Waals surface area (Å²) < 4.78 is 0.894. The number of carbonyl (C=O) groups excluding carboxylic acids is 1. The van der Waals surface area contributed by atoms with Gasteiger partial charge in [0.15, 0.2) is 0 Å². The van der Waals surface area contributed by atoms with E-state index in [1.54, 1.807) is 0 Å². The molecular weight excluding hydrogens is 420 g/mol. The van der Waals surface area contributed by atoms with E-state index in [-0.39, 0.29) is 18.4 Å². The first-order valence-corrected chi connectivity index (χ1v) is 10.3. The molecule has 0 saturated carbocycles. The molecule has 28 heavy (non-hydrogen) atoms. The molecule has 3 rings (SSSR count). The van der Waals surface area contributed by atoms with Gasteiger partial charge >= 0.3 is 5.97 Å². The SMILES string of the molecule is Cc1ccc([C@H](CCC(=O)O)N2CCN(C(=O)c3cccc(Br)c3)CC2)cc1. The largest absolute Gasteiger partial charge is 0.481 e. The van der Waals surface area contributed by atoms with Crippen LogP contribution in [-0.4, -0.2) is 53.0 Å². The summed E-state index contributed by atoms with van der Waals surface area (Å²) in [6.45, 7) is 4.79. The van der Waals surface area contributed by atoms with E-state index in [4.69, 9.17) is 5.11 Å². The molecule has 1 saturated heterocycles. The minimum absolute atomic E-state index is 0.0402. The molecule has 0 bridgehead atoms. The molecule has 0 radical (unpaired) electrons. The molecule has 0 aliphatic carbocycles. The Morgan fingerprint density at radius 3 is 2.36 bits per heavy atom. The molecule has 2 aromatic rings. The molecule has 1 atom stereocenters. The minimum atomic E-state index is -0.777. The van der Waals surface area contributed by atoms with E-state index in [1.807, 2.05) is 36.1 Å². The van der Waals surface area contributed by atoms with Crippen molar-refractivity contribution in [2.45, 2.75) is 25.8 Å². The fourth-order valence-corrected chi connectivity index (χ4v) is 4.05. The number of carboxylic acids is 1. The molecule has 1 amide bonds. The molecule has 1 heterocycles. The summed E-state index contributed by atoms with van der Waals surface area (Å²) in [5.41, 5.74) is 3.01. The Hall–Kier alpha value is -2.18. The van der Waals surface area contributed by atoms with Crippen LogP contribution in [0.2, 0.25) is 0 Å². The van der Waals surface area contributed by atoms with Crippen molar-refractivity contribution in [1.82, 2.24) is 9.80 Å². The van der Waals surface area contributed by atoms with Crippen LogP contribution in [0.25, 0.3) is 0 Å². The van der Waals surface area contributed by atoms with Crippen LogP contribution < -0.4 is 0 Å². The smallest absolute Gasteiger partial charge is 0.303 e. The Bertz CT molecular complexity index is 830. The van der Waals surface area contributed by atoms with Crippen LogP contribution in [0, 0.1) is 6.92 Å². The van der Waals surface area contributed by atoms with Crippen molar-refractivity contribution in [3.05, 3.63) is 69.7 Å². The lowest BCUT2D eigenvalue weighted by molar-refractivity contribution is -0.137. The second kappa shape index (κ2) is 9.34. The minimum Gasteiger partial charge on any atom is -0.481 e. The van der Waals surface area contributed by atoms with Crippen molar-refractivity contribution >= 4 is 27.8 Å². The zero-order valence-corrected chi connectivity index (χ0v) is 17.6. The highest BCUT2D eigenvalue weighted by molar-refractivity contribution is 9.10. The van der Waals surface area contributed by atoms with Crippen molar-refractivity contribution in [3.63, 3.8) is 0 Å². The first-order valence-electron chi connectivity index (χ1n) is 9.51. The van der Waals surface area contributed by atoms with Gasteiger partial charge in [-0.25, -0.2) is 0 Å². The van der Waals surface area contributed by atoms with Crippen molar-refractivity contribution < 1.29 is 14.7 Å². The topological polar surface area (TPSA) is 60.9 Å². The lowest BCUT2D eigenvalue weighted by Crippen LogP contribution is -2.49. The van der Waals surface area contributed by atoms with Crippen LogP contribution >= 0.6 is 15.9 Å². The van der Waals surface area contributed by atoms with Gasteiger partial charge in [0.1, 0.15) is 0 Å². The van der Waals surface area contributed by atoms with Gasteiger partial charge in [-0.15, -0.1) is 0 Å². The number of carboxylic acid groups (broad SMARTS) is 1. The number of aliphatic carboxylic acids is 1. The molecule has 148 valence electrons. The summed E-state index contributed by atoms with van der Waals surface area (Å²) in [7, 11) is 0. The summed E-state index contributed by atoms with van der Waals surface area (Å²) in [4.78, 5) is 28.1. The Labute approximate surface area is 174 Å². The highest BCUT2D eigenvalue weighted by Gasteiger charge is 2.28. The maximum Gasteiger partial charge on any atom is 0.303 e. The van der Waals surface area contributed by atoms with Crippen molar-refractivity contribution in [3.8, 4) is 0 Å². The van der Waals surface area contributed by atoms with Crippen LogP contribution in [0.1, 0.15) is 40.4 Å². The second-order valence-electron chi connectivity index (χ2n) is 7.20. The van der Waals surface area contributed by atoms with Crippen molar-refractivity contribution in [2.24, 2.45) is 0 Å². The number of hydrogen-bond donors (Lipinski definition) is 1. The van der Waals surface area contributed by atoms with Crippen LogP contribution in [0.4, 0.5) is 0 Å². The zero-order chi connectivity index (χ0) is 20.1. The second-order valence-corrected chi connectivity index (χ2v) is 8.11. The number of hydrogen-bond acceptors (Lipinski definition) is 3. The first-order chi connectivity index (χ1) is 13.4. The molecule has 5 nitrogen and oxygen atoms in total. The fraction of sp³-hybridized carbons (Fsp3) is 0.364. The van der Waals surface area contributed by atoms with Gasteiger partial charge in [0.25, 0.3) is 5.91 Å². The van der Waals surface area contributed by atoms with E-state index >= 15 is 0 Å². The Morgan fingerprint density at radius 1 is 1.07 bits per heavy atom. The molecule has 1 aliphatic heterocycles. The van der Waals surface area contributed by atoms with Crippen molar-refractivity contribution in [1.29, 1.82) is 0 Å². The van der Waals surface area contributed by atoms with E-state index < -0.39 is 5.97 Å². The van der Waals surface area contributed by atoms with E-state index in [1.165, 1.54) is 5.56 Å². The third-order valence-electron chi connectivity index (χ3n) is 5.21. The number of rotatable bonds is 6. The number of aryl methyl sites for hydroxylation is 1. The van der Waals surface area contributed by atoms with Gasteiger partial charge in [0.2, 0.25) is 0 Å². The number of nitrogens with zero attached hydrogens (tertiary/aromatic N) is 2. The quantitative estimate of drug-likeness (QED) is 0.727. The average molecular weight is 445 g/mol. The summed E-state index contributed by atoms with van der Waals surface area (Å²) in [5, 5.41) is 9.14. The summed E-state index contributed by atoms with van der Waals surface area (Å²) in [6, 6.07) is 15.8. The lowest BCUT2D eigenvalue weighted by Gasteiger charge is -2.39. The molecule has 0 aromatic heterocycles. The van der Waals surface area contributed by atoms with Gasteiger partial charge in [0, 0.05) is 48.7 Å². The fourth-order valence-electron chi connectivity index (χ4n) is 3.65. The standard InChI is InChI=1S/C22H25BrN2O3/c1-16-5-7-17(8-6-16)20(9-10-21(26)27)24-11-13-25(14-12-24)22(28)18-3-2-4-19(23)15-18/h2-8,15,20H,9-14H2,1H3,(H,26,27)/t20-/m0/s1. The molecule has 1 aliphatic rings. The van der Waals surface area contributed by atoms with E-state index in [2.05, 4.69) is 45.1 Å². The molecule has 2 aromatic carbocycles. The third-order valence-corrected chi connectivity index (χ3v) is 5.70. The zero-order valence-electron chi connectivity index (χ0n) is 16.0. The molecule has 0 unspecified atom stereocenters. The Balaban J connectivity index is 1.68. The summed E-state index contributed by atoms with van der Waals surface area (Å²) >= 11 is 3.42. The van der Waals surface area contributed by atoms with Gasteiger partial charge in [-0.2, -0.15) is 0 Å². The van der Waals surface area contributed by atoms with E-state index in [0.717, 1.165) is 23.1 Å². The van der Waals surface area contributed by atoms with Crippen LogP contribution in [0.5, 0.6) is 0 Å². The average Bonchev–Trinajstić information content (AvgIpc) is 2.69. The number of benzene rings is 2. The van der Waals surface area contributed by atoms with Crippen LogP contribution in [0.3, 0.4) is 0 Å². The number of carbonyl (C=O) groups is 2. The van der Waals surface area contributed by atoms with E-state index in [9.17, 15) is 9.59 Å². The molecule has 1 N–H and O–H groups in total.